The number of aromatic hydroxyl groups is 2. The van der Waals surface area contributed by atoms with Crippen LogP contribution in [0.4, 0.5) is 11.4 Å². The lowest BCUT2D eigenvalue weighted by Crippen LogP contribution is -2.51. The van der Waals surface area contributed by atoms with Crippen LogP contribution in [0.3, 0.4) is 0 Å². The molecule has 35 heavy (non-hydrogen) atoms. The molecular formula is C28H31N3O4. The number of hydrazine groups is 1. The number of nitrogens with zero attached hydrogens (tertiary/aromatic N) is 3. The van der Waals surface area contributed by atoms with Crippen LogP contribution in [-0.2, 0) is 22.4 Å². The fourth-order valence-electron chi connectivity index (χ4n) is 5.17. The highest BCUT2D eigenvalue weighted by molar-refractivity contribution is 5.90. The second kappa shape index (κ2) is 9.98. The number of benzene rings is 3. The van der Waals surface area contributed by atoms with Crippen molar-refractivity contribution < 1.29 is 19.7 Å². The van der Waals surface area contributed by atoms with Gasteiger partial charge in [0.25, 0.3) is 0 Å². The van der Waals surface area contributed by atoms with Crippen molar-refractivity contribution >= 4 is 17.3 Å². The number of rotatable bonds is 5. The molecule has 1 saturated heterocycles. The minimum atomic E-state index is -0.0171. The Bertz CT molecular complexity index is 1170. The van der Waals surface area contributed by atoms with Crippen LogP contribution in [0.25, 0.3) is 0 Å². The first-order valence-electron chi connectivity index (χ1n) is 12.1. The lowest BCUT2D eigenvalue weighted by Gasteiger charge is -2.40. The average molecular weight is 474 g/mol. The van der Waals surface area contributed by atoms with Gasteiger partial charge in [0.2, 0.25) is 5.91 Å². The van der Waals surface area contributed by atoms with E-state index in [1.807, 2.05) is 41.4 Å². The quantitative estimate of drug-likeness (QED) is 0.583. The number of amides is 1. The van der Waals surface area contributed by atoms with E-state index in [-0.39, 0.29) is 23.4 Å². The normalized spacial score (nSPS) is 18.2. The molecule has 0 spiro atoms. The van der Waals surface area contributed by atoms with E-state index < -0.39 is 0 Å². The van der Waals surface area contributed by atoms with Gasteiger partial charge in [-0.2, -0.15) is 0 Å². The van der Waals surface area contributed by atoms with Gasteiger partial charge in [0.15, 0.2) is 0 Å². The number of carbonyl (C=O) groups is 1. The van der Waals surface area contributed by atoms with E-state index >= 15 is 0 Å². The maximum Gasteiger partial charge on any atom is 0.238 e. The van der Waals surface area contributed by atoms with Crippen molar-refractivity contribution in [2.24, 2.45) is 0 Å². The van der Waals surface area contributed by atoms with Crippen molar-refractivity contribution in [3.05, 3.63) is 83.4 Å². The molecular weight excluding hydrogens is 442 g/mol. The van der Waals surface area contributed by atoms with Gasteiger partial charge < -0.3 is 19.8 Å². The zero-order valence-electron chi connectivity index (χ0n) is 19.9. The van der Waals surface area contributed by atoms with E-state index in [0.29, 0.717) is 26.3 Å². The Morgan fingerprint density at radius 2 is 1.63 bits per heavy atom. The molecule has 7 heteroatoms. The third-order valence-corrected chi connectivity index (χ3v) is 6.84. The number of phenols is 2. The van der Waals surface area contributed by atoms with Crippen molar-refractivity contribution in [1.82, 2.24) is 5.01 Å². The van der Waals surface area contributed by atoms with Crippen LogP contribution in [0.15, 0.2) is 66.7 Å². The molecule has 1 unspecified atom stereocenters. The predicted molar refractivity (Wildman–Crippen MR) is 136 cm³/mol. The van der Waals surface area contributed by atoms with Crippen molar-refractivity contribution in [3.63, 3.8) is 0 Å². The van der Waals surface area contributed by atoms with Gasteiger partial charge in [-0.25, -0.2) is 10.0 Å². The van der Waals surface area contributed by atoms with Crippen molar-refractivity contribution in [1.29, 1.82) is 0 Å². The Kier molecular flexibility index (Phi) is 6.61. The van der Waals surface area contributed by atoms with Gasteiger partial charge >= 0.3 is 0 Å². The van der Waals surface area contributed by atoms with Gasteiger partial charge in [-0.1, -0.05) is 18.2 Å². The molecule has 3 aromatic rings. The molecule has 2 aliphatic rings. The summed E-state index contributed by atoms with van der Waals surface area (Å²) in [4.78, 5) is 14.9. The van der Waals surface area contributed by atoms with Crippen LogP contribution >= 0.6 is 0 Å². The number of hydrogen-bond donors (Lipinski definition) is 2. The zero-order chi connectivity index (χ0) is 24.4. The van der Waals surface area contributed by atoms with Gasteiger partial charge in [0, 0.05) is 32.2 Å². The van der Waals surface area contributed by atoms with Crippen LogP contribution in [0.2, 0.25) is 0 Å². The van der Waals surface area contributed by atoms with Gasteiger partial charge in [0.1, 0.15) is 11.5 Å². The van der Waals surface area contributed by atoms with Crippen molar-refractivity contribution in [3.8, 4) is 11.5 Å². The summed E-state index contributed by atoms with van der Waals surface area (Å²) in [5, 5.41) is 23.5. The molecule has 1 atom stereocenters. The van der Waals surface area contributed by atoms with E-state index in [0.717, 1.165) is 41.9 Å². The van der Waals surface area contributed by atoms with Crippen LogP contribution in [0.5, 0.6) is 11.5 Å². The summed E-state index contributed by atoms with van der Waals surface area (Å²) in [6.07, 6.45) is 1.61. The molecule has 0 bridgehead atoms. The maximum atomic E-state index is 12.5. The molecule has 2 aliphatic heterocycles. The molecule has 0 saturated carbocycles. The van der Waals surface area contributed by atoms with E-state index in [4.69, 9.17) is 4.74 Å². The van der Waals surface area contributed by atoms with Crippen LogP contribution < -0.4 is 9.91 Å². The summed E-state index contributed by atoms with van der Waals surface area (Å²) < 4.78 is 5.45. The van der Waals surface area contributed by atoms with Crippen LogP contribution in [-0.4, -0.2) is 54.0 Å². The first-order chi connectivity index (χ1) is 17.0. The lowest BCUT2D eigenvalue weighted by molar-refractivity contribution is -0.120. The zero-order valence-corrected chi connectivity index (χ0v) is 19.9. The third kappa shape index (κ3) is 4.97. The number of anilines is 2. The number of ether oxygens (including phenoxy) is 1. The highest BCUT2D eigenvalue weighted by atomic mass is 16.5. The number of fused-ring (bicyclic) bond motifs is 1. The number of hydrogen-bond acceptors (Lipinski definition) is 6. The fourth-order valence-corrected chi connectivity index (χ4v) is 5.17. The van der Waals surface area contributed by atoms with Crippen LogP contribution in [0, 0.1) is 0 Å². The smallest absolute Gasteiger partial charge is 0.238 e. The summed E-state index contributed by atoms with van der Waals surface area (Å²) in [6, 6.07) is 21.3. The molecule has 7 nitrogen and oxygen atoms in total. The molecule has 2 N–H and O–H groups in total. The maximum absolute atomic E-state index is 12.5. The second-order valence-electron chi connectivity index (χ2n) is 9.13. The predicted octanol–water partition coefficient (Wildman–Crippen LogP) is 4.04. The van der Waals surface area contributed by atoms with Crippen molar-refractivity contribution in [2.45, 2.75) is 25.8 Å². The number of phenolic OH excluding ortho intramolecular Hbond substituents is 2. The van der Waals surface area contributed by atoms with Gasteiger partial charge in [-0.15, -0.1) is 0 Å². The Morgan fingerprint density at radius 1 is 0.943 bits per heavy atom. The molecule has 0 aliphatic carbocycles. The topological polar surface area (TPSA) is 76.5 Å². The highest BCUT2D eigenvalue weighted by Crippen LogP contribution is 2.38. The minimum Gasteiger partial charge on any atom is -0.508 e. The third-order valence-electron chi connectivity index (χ3n) is 6.84. The Hall–Kier alpha value is -3.55. The molecule has 1 fully saturated rings. The first-order valence-corrected chi connectivity index (χ1v) is 12.1. The Labute approximate surface area is 205 Å². The minimum absolute atomic E-state index is 0.0171. The number of carbonyl (C=O) groups excluding carboxylic acids is 1. The van der Waals surface area contributed by atoms with Gasteiger partial charge in [-0.05, 0) is 78.1 Å². The Morgan fingerprint density at radius 3 is 2.31 bits per heavy atom. The van der Waals surface area contributed by atoms with E-state index in [2.05, 4.69) is 17.0 Å². The van der Waals surface area contributed by atoms with E-state index in [1.165, 1.54) is 5.56 Å². The molecule has 1 amide bonds. The molecule has 5 rings (SSSR count). The number of morpholine rings is 1. The highest BCUT2D eigenvalue weighted by Gasteiger charge is 2.29. The molecule has 0 aromatic heterocycles. The SMILES string of the molecule is CC(=O)N(c1ccc(N2CCc3cc(O)ccc3C2Cc2ccc(O)cc2)cc1)N1CCOCC1. The fraction of sp³-hybridized carbons (Fsp3) is 0.321. The van der Waals surface area contributed by atoms with E-state index in [9.17, 15) is 15.0 Å². The summed E-state index contributed by atoms with van der Waals surface area (Å²) in [7, 11) is 0. The summed E-state index contributed by atoms with van der Waals surface area (Å²) >= 11 is 0. The molecule has 0 radical (unpaired) electrons. The van der Waals surface area contributed by atoms with Crippen molar-refractivity contribution in [2.75, 3.05) is 42.8 Å². The first kappa shape index (κ1) is 23.2. The average Bonchev–Trinajstić information content (AvgIpc) is 2.86. The van der Waals surface area contributed by atoms with Crippen LogP contribution in [0.1, 0.15) is 29.7 Å². The summed E-state index contributed by atoms with van der Waals surface area (Å²) in [5.41, 5.74) is 5.43. The second-order valence-corrected chi connectivity index (χ2v) is 9.13. The summed E-state index contributed by atoms with van der Waals surface area (Å²) in [5.74, 6) is 0.527. The van der Waals surface area contributed by atoms with Gasteiger partial charge in [0.05, 0.1) is 24.9 Å². The summed E-state index contributed by atoms with van der Waals surface area (Å²) in [6.45, 7) is 5.01. The standard InChI is InChI=1S/C28H31N3O4/c1-20(32)31(29-14-16-35-17-15-29)24-6-4-23(5-7-24)30-13-12-22-19-26(34)10-11-27(22)28(30)18-21-2-8-25(33)9-3-21/h2-11,19,28,33-34H,12-18H2,1H3. The largest absolute Gasteiger partial charge is 0.508 e. The monoisotopic (exact) mass is 473 g/mol. The molecule has 2 heterocycles. The Balaban J connectivity index is 1.45. The molecule has 182 valence electrons. The van der Waals surface area contributed by atoms with E-state index in [1.54, 1.807) is 30.1 Å². The van der Waals surface area contributed by atoms with Gasteiger partial charge in [-0.3, -0.25) is 4.79 Å². The molecule has 3 aromatic carbocycles. The lowest BCUT2D eigenvalue weighted by atomic mass is 9.88.